The van der Waals surface area contributed by atoms with Gasteiger partial charge in [-0.25, -0.2) is 0 Å². The number of hydrogen-bond donors (Lipinski definition) is 1. The molecular formula is C15H29NO. The summed E-state index contributed by atoms with van der Waals surface area (Å²) in [5.74, 6) is 0. The molecule has 0 aliphatic heterocycles. The molecule has 2 unspecified atom stereocenters. The van der Waals surface area contributed by atoms with Crippen LogP contribution in [0.5, 0.6) is 0 Å². The van der Waals surface area contributed by atoms with E-state index in [9.17, 15) is 0 Å². The Hall–Kier alpha value is -0.0800. The summed E-state index contributed by atoms with van der Waals surface area (Å²) in [5.41, 5.74) is 0.322. The molecule has 100 valence electrons. The highest BCUT2D eigenvalue weighted by molar-refractivity contribution is 5.02. The SMILES string of the molecule is CCNC1CC(OC2CCCCCC2)C1(C)C. The lowest BCUT2D eigenvalue weighted by atomic mass is 9.64. The number of nitrogens with one attached hydrogen (secondary N) is 1. The van der Waals surface area contributed by atoms with E-state index < -0.39 is 0 Å². The minimum atomic E-state index is 0.322. The van der Waals surface area contributed by atoms with Gasteiger partial charge in [-0.2, -0.15) is 0 Å². The number of rotatable bonds is 4. The van der Waals surface area contributed by atoms with Gasteiger partial charge in [-0.3, -0.25) is 0 Å². The van der Waals surface area contributed by atoms with Gasteiger partial charge in [0.1, 0.15) is 0 Å². The third-order valence-corrected chi connectivity index (χ3v) is 4.79. The van der Waals surface area contributed by atoms with Crippen molar-refractivity contribution in [2.45, 2.75) is 84.0 Å². The maximum absolute atomic E-state index is 6.36. The molecule has 0 aromatic heterocycles. The van der Waals surface area contributed by atoms with Crippen molar-refractivity contribution in [2.24, 2.45) is 5.41 Å². The molecule has 0 heterocycles. The zero-order valence-electron chi connectivity index (χ0n) is 11.8. The fraction of sp³-hybridized carbons (Fsp3) is 1.00. The van der Waals surface area contributed by atoms with E-state index in [4.69, 9.17) is 4.74 Å². The Labute approximate surface area is 107 Å². The molecule has 0 aromatic carbocycles. The Bertz CT molecular complexity index is 231. The van der Waals surface area contributed by atoms with Crippen molar-refractivity contribution < 1.29 is 4.74 Å². The molecule has 17 heavy (non-hydrogen) atoms. The molecule has 2 aliphatic carbocycles. The van der Waals surface area contributed by atoms with Crippen LogP contribution in [-0.2, 0) is 4.74 Å². The van der Waals surface area contributed by atoms with Gasteiger partial charge in [0.05, 0.1) is 12.2 Å². The van der Waals surface area contributed by atoms with Crippen molar-refractivity contribution in [3.05, 3.63) is 0 Å². The summed E-state index contributed by atoms with van der Waals surface area (Å²) in [6.45, 7) is 7.97. The Balaban J connectivity index is 1.80. The molecule has 0 saturated heterocycles. The van der Waals surface area contributed by atoms with Crippen molar-refractivity contribution >= 4 is 0 Å². The molecule has 0 spiro atoms. The molecule has 1 N–H and O–H groups in total. The third kappa shape index (κ3) is 3.03. The molecule has 2 heteroatoms. The molecule has 0 amide bonds. The highest BCUT2D eigenvalue weighted by atomic mass is 16.5. The fourth-order valence-electron chi connectivity index (χ4n) is 3.32. The van der Waals surface area contributed by atoms with Gasteiger partial charge in [-0.05, 0) is 25.8 Å². The summed E-state index contributed by atoms with van der Waals surface area (Å²) >= 11 is 0. The Morgan fingerprint density at radius 3 is 2.29 bits per heavy atom. The highest BCUT2D eigenvalue weighted by Gasteiger charge is 2.49. The maximum Gasteiger partial charge on any atom is 0.0659 e. The molecule has 2 saturated carbocycles. The largest absolute Gasteiger partial charge is 0.374 e. The van der Waals surface area contributed by atoms with Crippen molar-refractivity contribution in [1.29, 1.82) is 0 Å². The average Bonchev–Trinajstić information content (AvgIpc) is 2.56. The van der Waals surface area contributed by atoms with E-state index in [-0.39, 0.29) is 0 Å². The van der Waals surface area contributed by atoms with E-state index in [2.05, 4.69) is 26.1 Å². The summed E-state index contributed by atoms with van der Waals surface area (Å²) in [6.07, 6.45) is 10.4. The zero-order chi connectivity index (χ0) is 12.3. The highest BCUT2D eigenvalue weighted by Crippen LogP contribution is 2.44. The molecule has 0 aromatic rings. The normalized spacial score (nSPS) is 34.1. The van der Waals surface area contributed by atoms with Crippen molar-refractivity contribution in [2.75, 3.05) is 6.54 Å². The summed E-state index contributed by atoms with van der Waals surface area (Å²) < 4.78 is 6.36. The molecule has 0 bridgehead atoms. The third-order valence-electron chi connectivity index (χ3n) is 4.79. The van der Waals surface area contributed by atoms with Gasteiger partial charge in [0.15, 0.2) is 0 Å². The fourth-order valence-corrected chi connectivity index (χ4v) is 3.32. The smallest absolute Gasteiger partial charge is 0.0659 e. The van der Waals surface area contributed by atoms with Crippen LogP contribution >= 0.6 is 0 Å². The summed E-state index contributed by atoms with van der Waals surface area (Å²) in [6, 6.07) is 0.656. The first-order valence-corrected chi connectivity index (χ1v) is 7.53. The van der Waals surface area contributed by atoms with Crippen LogP contribution in [0.3, 0.4) is 0 Å². The van der Waals surface area contributed by atoms with Crippen LogP contribution < -0.4 is 5.32 Å². The van der Waals surface area contributed by atoms with Crippen LogP contribution in [0.15, 0.2) is 0 Å². The lowest BCUT2D eigenvalue weighted by Crippen LogP contribution is -2.61. The maximum atomic E-state index is 6.36. The quantitative estimate of drug-likeness (QED) is 0.758. The molecule has 2 atom stereocenters. The van der Waals surface area contributed by atoms with Gasteiger partial charge in [0.25, 0.3) is 0 Å². The van der Waals surface area contributed by atoms with Crippen molar-refractivity contribution in [3.8, 4) is 0 Å². The van der Waals surface area contributed by atoms with Gasteiger partial charge >= 0.3 is 0 Å². The standard InChI is InChI=1S/C15H29NO/c1-4-16-13-11-14(15(13,2)3)17-12-9-7-5-6-8-10-12/h12-14,16H,4-11H2,1-3H3. The first-order chi connectivity index (χ1) is 8.14. The summed E-state index contributed by atoms with van der Waals surface area (Å²) in [4.78, 5) is 0. The van der Waals surface area contributed by atoms with Crippen LogP contribution in [0.1, 0.15) is 65.7 Å². The molecule has 2 fully saturated rings. The number of ether oxygens (including phenoxy) is 1. The Morgan fingerprint density at radius 2 is 1.76 bits per heavy atom. The van der Waals surface area contributed by atoms with E-state index in [1.807, 2.05) is 0 Å². The second-order valence-electron chi connectivity index (χ2n) is 6.41. The van der Waals surface area contributed by atoms with Crippen molar-refractivity contribution in [3.63, 3.8) is 0 Å². The van der Waals surface area contributed by atoms with Crippen LogP contribution in [0.4, 0.5) is 0 Å². The van der Waals surface area contributed by atoms with Crippen LogP contribution in [0.25, 0.3) is 0 Å². The number of hydrogen-bond acceptors (Lipinski definition) is 2. The minimum absolute atomic E-state index is 0.322. The summed E-state index contributed by atoms with van der Waals surface area (Å²) in [5, 5.41) is 3.57. The molecule has 2 rings (SSSR count). The van der Waals surface area contributed by atoms with Crippen LogP contribution in [0, 0.1) is 5.41 Å². The molecular weight excluding hydrogens is 210 g/mol. The summed E-state index contributed by atoms with van der Waals surface area (Å²) in [7, 11) is 0. The Morgan fingerprint density at radius 1 is 1.12 bits per heavy atom. The lowest BCUT2D eigenvalue weighted by Gasteiger charge is -2.53. The Kier molecular flexibility index (Phi) is 4.48. The average molecular weight is 239 g/mol. The molecule has 2 aliphatic rings. The van der Waals surface area contributed by atoms with E-state index in [0.717, 1.165) is 6.54 Å². The minimum Gasteiger partial charge on any atom is -0.374 e. The molecule has 0 radical (unpaired) electrons. The van der Waals surface area contributed by atoms with E-state index >= 15 is 0 Å². The second-order valence-corrected chi connectivity index (χ2v) is 6.41. The lowest BCUT2D eigenvalue weighted by molar-refractivity contribution is -0.149. The van der Waals surface area contributed by atoms with Crippen LogP contribution in [-0.4, -0.2) is 24.8 Å². The first-order valence-electron chi connectivity index (χ1n) is 7.53. The van der Waals surface area contributed by atoms with E-state index in [1.165, 1.54) is 44.9 Å². The monoisotopic (exact) mass is 239 g/mol. The van der Waals surface area contributed by atoms with Crippen LogP contribution in [0.2, 0.25) is 0 Å². The second kappa shape index (κ2) is 5.71. The van der Waals surface area contributed by atoms with Crippen molar-refractivity contribution in [1.82, 2.24) is 5.32 Å². The first kappa shape index (κ1) is 13.4. The topological polar surface area (TPSA) is 21.3 Å². The predicted molar refractivity (Wildman–Crippen MR) is 72.2 cm³/mol. The van der Waals surface area contributed by atoms with E-state index in [1.54, 1.807) is 0 Å². The zero-order valence-corrected chi connectivity index (χ0v) is 11.8. The van der Waals surface area contributed by atoms with E-state index in [0.29, 0.717) is 23.7 Å². The van der Waals surface area contributed by atoms with Gasteiger partial charge in [-0.15, -0.1) is 0 Å². The molecule has 2 nitrogen and oxygen atoms in total. The van der Waals surface area contributed by atoms with Gasteiger partial charge in [-0.1, -0.05) is 46.5 Å². The van der Waals surface area contributed by atoms with Gasteiger partial charge in [0.2, 0.25) is 0 Å². The predicted octanol–water partition coefficient (Wildman–Crippen LogP) is 3.50. The van der Waals surface area contributed by atoms with Gasteiger partial charge in [0, 0.05) is 11.5 Å². The van der Waals surface area contributed by atoms with Gasteiger partial charge < -0.3 is 10.1 Å².